The highest BCUT2D eigenvalue weighted by molar-refractivity contribution is 5.69. The lowest BCUT2D eigenvalue weighted by molar-refractivity contribution is 0.169. The van der Waals surface area contributed by atoms with Gasteiger partial charge >= 0.3 is 6.09 Å². The molecule has 0 radical (unpaired) electrons. The van der Waals surface area contributed by atoms with Crippen LogP contribution in [-0.2, 0) is 11.2 Å². The minimum Gasteiger partial charge on any atom is -0.453 e. The third-order valence-electron chi connectivity index (χ3n) is 3.51. The number of nitrogens with one attached hydrogen (secondary N) is 1. The van der Waals surface area contributed by atoms with Crippen molar-refractivity contribution in [1.82, 2.24) is 5.32 Å². The normalized spacial score (nSPS) is 30.3. The van der Waals surface area contributed by atoms with E-state index in [1.54, 1.807) is 0 Å². The molecule has 2 aliphatic carbocycles. The number of alkyl carbamates (subject to hydrolysis) is 1. The Bertz CT molecular complexity index is 416. The van der Waals surface area contributed by atoms with E-state index in [4.69, 9.17) is 0 Å². The number of methoxy groups -OCH3 is 1. The fourth-order valence-electron chi connectivity index (χ4n) is 2.74. The van der Waals surface area contributed by atoms with E-state index >= 15 is 0 Å². The van der Waals surface area contributed by atoms with Crippen LogP contribution in [0.15, 0.2) is 24.3 Å². The lowest BCUT2D eigenvalue weighted by Gasteiger charge is -2.08. The molecule has 3 rings (SSSR count). The molecule has 1 N–H and O–H groups in total. The SMILES string of the molecule is COC(=O)N[C@@H]1[C@@H]2Cc3ccccc3[C@@H]21. The molecule has 2 aliphatic rings. The van der Waals surface area contributed by atoms with Crippen LogP contribution in [0.4, 0.5) is 4.79 Å². The molecule has 3 heteroatoms. The molecule has 78 valence electrons. The second-order valence-corrected chi connectivity index (χ2v) is 4.25. The van der Waals surface area contributed by atoms with Crippen LogP contribution < -0.4 is 5.32 Å². The molecule has 3 atom stereocenters. The van der Waals surface area contributed by atoms with E-state index in [0.717, 1.165) is 6.42 Å². The second kappa shape index (κ2) is 2.99. The van der Waals surface area contributed by atoms with Crippen molar-refractivity contribution in [2.45, 2.75) is 18.4 Å². The molecule has 0 heterocycles. The van der Waals surface area contributed by atoms with E-state index in [2.05, 4.69) is 34.3 Å². The van der Waals surface area contributed by atoms with Crippen molar-refractivity contribution in [2.24, 2.45) is 5.92 Å². The quantitative estimate of drug-likeness (QED) is 0.754. The zero-order valence-corrected chi connectivity index (χ0v) is 8.57. The first-order valence-electron chi connectivity index (χ1n) is 5.23. The van der Waals surface area contributed by atoms with Gasteiger partial charge in [0.15, 0.2) is 0 Å². The summed E-state index contributed by atoms with van der Waals surface area (Å²) in [6.45, 7) is 0. The van der Waals surface area contributed by atoms with Gasteiger partial charge in [-0.3, -0.25) is 0 Å². The maximum atomic E-state index is 11.1. The van der Waals surface area contributed by atoms with E-state index < -0.39 is 0 Å². The summed E-state index contributed by atoms with van der Waals surface area (Å²) < 4.78 is 4.60. The second-order valence-electron chi connectivity index (χ2n) is 4.25. The van der Waals surface area contributed by atoms with Gasteiger partial charge in [-0.15, -0.1) is 0 Å². The number of benzene rings is 1. The molecule has 1 amide bonds. The largest absolute Gasteiger partial charge is 0.453 e. The molecule has 1 aromatic rings. The zero-order valence-electron chi connectivity index (χ0n) is 8.57. The fraction of sp³-hybridized carbons (Fsp3) is 0.417. The van der Waals surface area contributed by atoms with E-state index in [0.29, 0.717) is 17.9 Å². The van der Waals surface area contributed by atoms with Crippen molar-refractivity contribution in [3.63, 3.8) is 0 Å². The standard InChI is InChI=1S/C12H13NO2/c1-15-12(14)13-11-9-6-7-4-2-3-5-8(7)10(9)11/h2-5,9-11H,6H2,1H3,(H,13,14)/t9-,10+,11-/m1/s1. The first-order chi connectivity index (χ1) is 7.31. The van der Waals surface area contributed by atoms with E-state index in [-0.39, 0.29) is 6.09 Å². The van der Waals surface area contributed by atoms with Gasteiger partial charge in [0, 0.05) is 12.0 Å². The van der Waals surface area contributed by atoms with Crippen molar-refractivity contribution in [2.75, 3.05) is 7.11 Å². The van der Waals surface area contributed by atoms with Crippen molar-refractivity contribution >= 4 is 6.09 Å². The Hall–Kier alpha value is -1.51. The van der Waals surface area contributed by atoms with Gasteiger partial charge in [0.25, 0.3) is 0 Å². The molecule has 1 saturated carbocycles. The smallest absolute Gasteiger partial charge is 0.407 e. The molecule has 15 heavy (non-hydrogen) atoms. The summed E-state index contributed by atoms with van der Waals surface area (Å²) in [6.07, 6.45) is 0.780. The first kappa shape index (κ1) is 8.77. The number of rotatable bonds is 1. The highest BCUT2D eigenvalue weighted by Gasteiger charge is 2.56. The van der Waals surface area contributed by atoms with Gasteiger partial charge in [-0.1, -0.05) is 24.3 Å². The fourth-order valence-corrected chi connectivity index (χ4v) is 2.74. The van der Waals surface area contributed by atoms with E-state index in [1.165, 1.54) is 18.2 Å². The maximum Gasteiger partial charge on any atom is 0.407 e. The summed E-state index contributed by atoms with van der Waals surface area (Å²) >= 11 is 0. The number of fused-ring (bicyclic) bond motifs is 3. The number of amides is 1. The summed E-state index contributed by atoms with van der Waals surface area (Å²) in [6, 6.07) is 8.78. The Labute approximate surface area is 88.4 Å². The van der Waals surface area contributed by atoms with Gasteiger partial charge in [-0.05, 0) is 23.5 Å². The average Bonchev–Trinajstić information content (AvgIpc) is 2.77. The molecule has 0 spiro atoms. The molecule has 0 saturated heterocycles. The number of carbonyl (C=O) groups excluding carboxylic acids is 1. The topological polar surface area (TPSA) is 38.3 Å². The molecule has 1 aromatic carbocycles. The first-order valence-corrected chi connectivity index (χ1v) is 5.23. The Kier molecular flexibility index (Phi) is 1.75. The van der Waals surface area contributed by atoms with Gasteiger partial charge < -0.3 is 10.1 Å². The van der Waals surface area contributed by atoms with Gasteiger partial charge in [-0.2, -0.15) is 0 Å². The van der Waals surface area contributed by atoms with Crippen molar-refractivity contribution in [3.8, 4) is 0 Å². The lowest BCUT2D eigenvalue weighted by atomic mass is 10.1. The Morgan fingerprint density at radius 2 is 2.27 bits per heavy atom. The zero-order chi connectivity index (χ0) is 10.4. The van der Waals surface area contributed by atoms with Gasteiger partial charge in [0.1, 0.15) is 0 Å². The van der Waals surface area contributed by atoms with Gasteiger partial charge in [0.05, 0.1) is 7.11 Å². The molecule has 0 aromatic heterocycles. The number of hydrogen-bond acceptors (Lipinski definition) is 2. The highest BCUT2D eigenvalue weighted by Crippen LogP contribution is 2.56. The van der Waals surface area contributed by atoms with Crippen molar-refractivity contribution in [1.29, 1.82) is 0 Å². The number of hydrogen-bond donors (Lipinski definition) is 1. The average molecular weight is 203 g/mol. The van der Waals surface area contributed by atoms with Crippen molar-refractivity contribution in [3.05, 3.63) is 35.4 Å². The minimum absolute atomic E-state index is 0.298. The predicted molar refractivity (Wildman–Crippen MR) is 55.7 cm³/mol. The molecular formula is C12H13NO2. The predicted octanol–water partition coefficient (Wildman–Crippen LogP) is 1.68. The van der Waals surface area contributed by atoms with Crippen LogP contribution in [0, 0.1) is 5.92 Å². The van der Waals surface area contributed by atoms with Crippen LogP contribution in [0.25, 0.3) is 0 Å². The Balaban J connectivity index is 1.76. The van der Waals surface area contributed by atoms with Crippen molar-refractivity contribution < 1.29 is 9.53 Å². The monoisotopic (exact) mass is 203 g/mol. The molecule has 3 nitrogen and oxygen atoms in total. The molecular weight excluding hydrogens is 190 g/mol. The summed E-state index contributed by atoms with van der Waals surface area (Å²) in [5.41, 5.74) is 2.85. The Morgan fingerprint density at radius 1 is 1.47 bits per heavy atom. The summed E-state index contributed by atoms with van der Waals surface area (Å²) in [5, 5.41) is 2.89. The van der Waals surface area contributed by atoms with E-state index in [1.807, 2.05) is 0 Å². The molecule has 1 fully saturated rings. The van der Waals surface area contributed by atoms with Gasteiger partial charge in [0.2, 0.25) is 0 Å². The van der Waals surface area contributed by atoms with Crippen LogP contribution in [0.3, 0.4) is 0 Å². The summed E-state index contributed by atoms with van der Waals surface area (Å²) in [5.74, 6) is 1.13. The third kappa shape index (κ3) is 1.23. The highest BCUT2D eigenvalue weighted by atomic mass is 16.5. The molecule has 0 bridgehead atoms. The van der Waals surface area contributed by atoms with Crippen LogP contribution in [0.5, 0.6) is 0 Å². The molecule has 0 aliphatic heterocycles. The van der Waals surface area contributed by atoms with Crippen LogP contribution in [0.1, 0.15) is 17.0 Å². The van der Waals surface area contributed by atoms with E-state index in [9.17, 15) is 4.79 Å². The summed E-state index contributed by atoms with van der Waals surface area (Å²) in [4.78, 5) is 11.1. The third-order valence-corrected chi connectivity index (χ3v) is 3.51. The van der Waals surface area contributed by atoms with Crippen LogP contribution >= 0.6 is 0 Å². The number of ether oxygens (including phenoxy) is 1. The van der Waals surface area contributed by atoms with Crippen LogP contribution in [-0.4, -0.2) is 19.2 Å². The minimum atomic E-state index is -0.313. The summed E-state index contributed by atoms with van der Waals surface area (Å²) in [7, 11) is 1.40. The maximum absolute atomic E-state index is 11.1. The Morgan fingerprint density at radius 3 is 3.07 bits per heavy atom. The van der Waals surface area contributed by atoms with Gasteiger partial charge in [-0.25, -0.2) is 4.79 Å². The number of carbonyl (C=O) groups is 1. The molecule has 0 unspecified atom stereocenters. The van der Waals surface area contributed by atoms with Crippen LogP contribution in [0.2, 0.25) is 0 Å². The lowest BCUT2D eigenvalue weighted by Crippen LogP contribution is -2.28.